The van der Waals surface area contributed by atoms with Crippen LogP contribution in [0.4, 0.5) is 10.5 Å². The van der Waals surface area contributed by atoms with Gasteiger partial charge in [0.05, 0.1) is 5.92 Å². The summed E-state index contributed by atoms with van der Waals surface area (Å²) < 4.78 is 0. The van der Waals surface area contributed by atoms with E-state index in [4.69, 9.17) is 5.11 Å². The van der Waals surface area contributed by atoms with Crippen molar-refractivity contribution in [1.82, 2.24) is 5.32 Å². The first-order valence-electron chi connectivity index (χ1n) is 6.55. The molecule has 0 aromatic heterocycles. The van der Waals surface area contributed by atoms with Gasteiger partial charge in [0, 0.05) is 18.8 Å². The van der Waals surface area contributed by atoms with Crippen LogP contribution in [0.15, 0.2) is 24.3 Å². The molecule has 3 N–H and O–H groups in total. The quantitative estimate of drug-likeness (QED) is 0.786. The zero-order valence-corrected chi connectivity index (χ0v) is 11.2. The van der Waals surface area contributed by atoms with Gasteiger partial charge in [-0.05, 0) is 37.1 Å². The summed E-state index contributed by atoms with van der Waals surface area (Å²) in [6.45, 7) is 0. The summed E-state index contributed by atoms with van der Waals surface area (Å²) in [7, 11) is 1.60. The highest BCUT2D eigenvalue weighted by molar-refractivity contribution is 5.92. The van der Waals surface area contributed by atoms with Gasteiger partial charge in [0.25, 0.3) is 0 Å². The predicted octanol–water partition coefficient (Wildman–Crippen LogP) is 1.79. The van der Waals surface area contributed by atoms with E-state index in [0.717, 1.165) is 6.42 Å². The van der Waals surface area contributed by atoms with E-state index in [-0.39, 0.29) is 17.8 Å². The first kappa shape index (κ1) is 14.2. The van der Waals surface area contributed by atoms with Gasteiger partial charge < -0.3 is 15.5 Å². The molecule has 0 radical (unpaired) electrons. The summed E-state index contributed by atoms with van der Waals surface area (Å²) >= 11 is 0. The number of hydrogen-bond acceptors (Lipinski definition) is 3. The number of phenols is 1. The van der Waals surface area contributed by atoms with Crippen LogP contribution in [-0.2, 0) is 4.79 Å². The zero-order chi connectivity index (χ0) is 14.7. The van der Waals surface area contributed by atoms with Gasteiger partial charge in [-0.25, -0.2) is 4.79 Å². The number of hydrogen-bond donors (Lipinski definition) is 3. The van der Waals surface area contributed by atoms with Crippen molar-refractivity contribution in [2.24, 2.45) is 5.92 Å². The van der Waals surface area contributed by atoms with Crippen LogP contribution in [0.2, 0.25) is 0 Å². The van der Waals surface area contributed by atoms with Gasteiger partial charge in [0.2, 0.25) is 0 Å². The fourth-order valence-corrected chi connectivity index (χ4v) is 2.48. The number of carboxylic acids is 1. The highest BCUT2D eigenvalue weighted by Crippen LogP contribution is 2.26. The van der Waals surface area contributed by atoms with Crippen LogP contribution in [-0.4, -0.2) is 35.3 Å². The maximum absolute atomic E-state index is 12.1. The Morgan fingerprint density at radius 3 is 2.50 bits per heavy atom. The molecule has 0 saturated heterocycles. The third kappa shape index (κ3) is 3.01. The van der Waals surface area contributed by atoms with Crippen LogP contribution in [0.25, 0.3) is 0 Å². The molecule has 1 aliphatic carbocycles. The van der Waals surface area contributed by atoms with Gasteiger partial charge in [-0.3, -0.25) is 9.69 Å². The van der Waals surface area contributed by atoms with Crippen molar-refractivity contribution in [3.63, 3.8) is 0 Å². The summed E-state index contributed by atoms with van der Waals surface area (Å²) in [4.78, 5) is 24.6. The smallest absolute Gasteiger partial charge is 0.321 e. The SMILES string of the molecule is CN(C(=O)NC1CCCC1C(=O)O)c1ccc(O)cc1. The molecule has 2 rings (SSSR count). The lowest BCUT2D eigenvalue weighted by Crippen LogP contribution is -2.46. The van der Waals surface area contributed by atoms with E-state index < -0.39 is 11.9 Å². The van der Waals surface area contributed by atoms with Crippen LogP contribution in [0, 0.1) is 5.92 Å². The molecule has 1 aromatic rings. The number of amides is 2. The number of benzene rings is 1. The minimum absolute atomic E-state index is 0.129. The molecule has 0 aliphatic heterocycles. The fourth-order valence-electron chi connectivity index (χ4n) is 2.48. The highest BCUT2D eigenvalue weighted by Gasteiger charge is 2.34. The Labute approximate surface area is 117 Å². The number of carboxylic acid groups (broad SMARTS) is 1. The van der Waals surface area contributed by atoms with E-state index in [2.05, 4.69) is 5.32 Å². The van der Waals surface area contributed by atoms with E-state index in [1.54, 1.807) is 19.2 Å². The molecule has 0 bridgehead atoms. The summed E-state index contributed by atoms with van der Waals surface area (Å²) in [6, 6.07) is 5.58. The number of carbonyl (C=O) groups excluding carboxylic acids is 1. The van der Waals surface area contributed by atoms with E-state index in [1.165, 1.54) is 17.0 Å². The second-order valence-corrected chi connectivity index (χ2v) is 5.01. The number of phenolic OH excluding ortho intramolecular Hbond substituents is 1. The number of carbonyl (C=O) groups is 2. The number of urea groups is 1. The minimum atomic E-state index is -0.861. The predicted molar refractivity (Wildman–Crippen MR) is 73.8 cm³/mol. The van der Waals surface area contributed by atoms with Gasteiger partial charge in [-0.15, -0.1) is 0 Å². The number of nitrogens with one attached hydrogen (secondary N) is 1. The minimum Gasteiger partial charge on any atom is -0.508 e. The molecule has 1 fully saturated rings. The average Bonchev–Trinajstić information content (AvgIpc) is 2.87. The van der Waals surface area contributed by atoms with E-state index in [9.17, 15) is 14.7 Å². The maximum Gasteiger partial charge on any atom is 0.321 e. The molecular formula is C14H18N2O4. The van der Waals surface area contributed by atoms with Crippen LogP contribution in [0.3, 0.4) is 0 Å². The Morgan fingerprint density at radius 1 is 1.25 bits per heavy atom. The second kappa shape index (κ2) is 5.81. The number of rotatable bonds is 3. The van der Waals surface area contributed by atoms with E-state index >= 15 is 0 Å². The number of anilines is 1. The Balaban J connectivity index is 2.00. The first-order valence-corrected chi connectivity index (χ1v) is 6.55. The largest absolute Gasteiger partial charge is 0.508 e. The van der Waals surface area contributed by atoms with Gasteiger partial charge >= 0.3 is 12.0 Å². The summed E-state index contributed by atoms with van der Waals surface area (Å²) in [5, 5.41) is 21.1. The lowest BCUT2D eigenvalue weighted by molar-refractivity contribution is -0.142. The van der Waals surface area contributed by atoms with Crippen molar-refractivity contribution < 1.29 is 19.8 Å². The Bertz CT molecular complexity index is 500. The standard InChI is InChI=1S/C14H18N2O4/c1-16(9-5-7-10(17)8-6-9)14(20)15-12-4-2-3-11(12)13(18)19/h5-8,11-12,17H,2-4H2,1H3,(H,15,20)(H,18,19). The van der Waals surface area contributed by atoms with Crippen molar-refractivity contribution in [1.29, 1.82) is 0 Å². The monoisotopic (exact) mass is 278 g/mol. The number of aliphatic carboxylic acids is 1. The molecule has 2 unspecified atom stereocenters. The molecule has 0 heterocycles. The molecule has 1 aliphatic rings. The van der Waals surface area contributed by atoms with Crippen LogP contribution in [0.1, 0.15) is 19.3 Å². The van der Waals surface area contributed by atoms with Crippen molar-refractivity contribution >= 4 is 17.7 Å². The third-order valence-corrected chi connectivity index (χ3v) is 3.68. The van der Waals surface area contributed by atoms with Gasteiger partial charge in [0.15, 0.2) is 0 Å². The summed E-state index contributed by atoms with van der Waals surface area (Å²) in [5.74, 6) is -1.24. The molecule has 1 aromatic carbocycles. The van der Waals surface area contributed by atoms with Crippen LogP contribution in [0.5, 0.6) is 5.75 Å². The van der Waals surface area contributed by atoms with Crippen molar-refractivity contribution in [3.05, 3.63) is 24.3 Å². The fraction of sp³-hybridized carbons (Fsp3) is 0.429. The molecule has 2 atom stereocenters. The molecule has 108 valence electrons. The third-order valence-electron chi connectivity index (χ3n) is 3.68. The molecule has 2 amide bonds. The summed E-state index contributed by atoms with van der Waals surface area (Å²) in [6.07, 6.45) is 2.10. The topological polar surface area (TPSA) is 89.9 Å². The Hall–Kier alpha value is -2.24. The van der Waals surface area contributed by atoms with E-state index in [0.29, 0.717) is 18.5 Å². The van der Waals surface area contributed by atoms with Crippen LogP contribution < -0.4 is 10.2 Å². The first-order chi connectivity index (χ1) is 9.49. The lowest BCUT2D eigenvalue weighted by Gasteiger charge is -2.23. The molecule has 6 nitrogen and oxygen atoms in total. The highest BCUT2D eigenvalue weighted by atomic mass is 16.4. The molecular weight excluding hydrogens is 260 g/mol. The molecule has 20 heavy (non-hydrogen) atoms. The van der Waals surface area contributed by atoms with Crippen LogP contribution >= 0.6 is 0 Å². The van der Waals surface area contributed by atoms with Gasteiger partial charge in [-0.1, -0.05) is 6.42 Å². The van der Waals surface area contributed by atoms with E-state index in [1.807, 2.05) is 0 Å². The van der Waals surface area contributed by atoms with Gasteiger partial charge in [0.1, 0.15) is 5.75 Å². The number of nitrogens with zero attached hydrogens (tertiary/aromatic N) is 1. The zero-order valence-electron chi connectivity index (χ0n) is 11.2. The van der Waals surface area contributed by atoms with Crippen molar-refractivity contribution in [2.45, 2.75) is 25.3 Å². The maximum atomic E-state index is 12.1. The Morgan fingerprint density at radius 2 is 1.90 bits per heavy atom. The normalized spacial score (nSPS) is 21.4. The second-order valence-electron chi connectivity index (χ2n) is 5.01. The molecule has 0 spiro atoms. The summed E-state index contributed by atoms with van der Waals surface area (Å²) in [5.41, 5.74) is 0.630. The van der Waals surface area contributed by atoms with Crippen molar-refractivity contribution in [2.75, 3.05) is 11.9 Å². The lowest BCUT2D eigenvalue weighted by atomic mass is 10.0. The van der Waals surface area contributed by atoms with Gasteiger partial charge in [-0.2, -0.15) is 0 Å². The molecule has 1 saturated carbocycles. The molecule has 6 heteroatoms. The Kier molecular flexibility index (Phi) is 4.12. The average molecular weight is 278 g/mol. The van der Waals surface area contributed by atoms with Crippen molar-refractivity contribution in [3.8, 4) is 5.75 Å². The number of aromatic hydroxyl groups is 1.